The zero-order valence-corrected chi connectivity index (χ0v) is 14.8. The molecule has 1 aliphatic heterocycles. The second-order valence-electron chi connectivity index (χ2n) is 6.29. The van der Waals surface area contributed by atoms with Crippen LogP contribution in [0.25, 0.3) is 0 Å². The lowest BCUT2D eigenvalue weighted by atomic mass is 10.2. The zero-order valence-electron chi connectivity index (χ0n) is 14.8. The summed E-state index contributed by atoms with van der Waals surface area (Å²) in [4.78, 5) is 28.5. The van der Waals surface area contributed by atoms with Crippen LogP contribution in [0.2, 0.25) is 0 Å². The summed E-state index contributed by atoms with van der Waals surface area (Å²) < 4.78 is 43.8. The van der Waals surface area contributed by atoms with Gasteiger partial charge in [0.2, 0.25) is 0 Å². The Bertz CT molecular complexity index is 865. The highest BCUT2D eigenvalue weighted by molar-refractivity contribution is 6.03. The van der Waals surface area contributed by atoms with Gasteiger partial charge in [0.1, 0.15) is 11.4 Å². The molecule has 1 aromatic carbocycles. The number of hydrogen-bond acceptors (Lipinski definition) is 4. The highest BCUT2D eigenvalue weighted by Crippen LogP contribution is 2.30. The fourth-order valence-corrected chi connectivity index (χ4v) is 2.76. The number of pyridine rings is 1. The van der Waals surface area contributed by atoms with Crippen LogP contribution in [-0.4, -0.2) is 36.1 Å². The lowest BCUT2D eigenvalue weighted by Crippen LogP contribution is -2.32. The van der Waals surface area contributed by atoms with Gasteiger partial charge in [0, 0.05) is 18.8 Å². The Hall–Kier alpha value is -2.94. The van der Waals surface area contributed by atoms with E-state index in [9.17, 15) is 22.8 Å². The maximum absolute atomic E-state index is 12.8. The molecular weight excluding hydrogens is 375 g/mol. The number of hydrogen-bond donors (Lipinski definition) is 2. The third kappa shape index (κ3) is 5.07. The van der Waals surface area contributed by atoms with Crippen molar-refractivity contribution in [2.45, 2.75) is 25.1 Å². The SMILES string of the molecule is O=C(NCC1CCCO1)c1cccc(C(=O)Nc2cccc(C(F)(F)F)c2)n1. The Kier molecular flexibility index (Phi) is 5.93. The van der Waals surface area contributed by atoms with E-state index >= 15 is 0 Å². The van der Waals surface area contributed by atoms with Crippen LogP contribution in [0.3, 0.4) is 0 Å². The summed E-state index contributed by atoms with van der Waals surface area (Å²) in [5.74, 6) is -1.17. The van der Waals surface area contributed by atoms with Crippen LogP contribution < -0.4 is 10.6 Å². The Morgan fingerprint density at radius 3 is 2.50 bits per heavy atom. The van der Waals surface area contributed by atoms with E-state index in [0.29, 0.717) is 13.2 Å². The second-order valence-corrected chi connectivity index (χ2v) is 6.29. The Morgan fingerprint density at radius 1 is 1.11 bits per heavy atom. The van der Waals surface area contributed by atoms with Gasteiger partial charge in [0.15, 0.2) is 0 Å². The minimum Gasteiger partial charge on any atom is -0.376 e. The molecule has 2 aromatic rings. The van der Waals surface area contributed by atoms with Gasteiger partial charge >= 0.3 is 6.18 Å². The van der Waals surface area contributed by atoms with E-state index in [1.54, 1.807) is 0 Å². The van der Waals surface area contributed by atoms with Crippen LogP contribution in [0, 0.1) is 0 Å². The molecule has 0 radical (unpaired) electrons. The number of anilines is 1. The van der Waals surface area contributed by atoms with Gasteiger partial charge in [-0.2, -0.15) is 13.2 Å². The number of nitrogens with zero attached hydrogens (tertiary/aromatic N) is 1. The van der Waals surface area contributed by atoms with E-state index in [1.165, 1.54) is 30.3 Å². The highest BCUT2D eigenvalue weighted by Gasteiger charge is 2.30. The molecule has 1 aliphatic rings. The number of aromatic nitrogens is 1. The number of amides is 2. The van der Waals surface area contributed by atoms with E-state index in [-0.39, 0.29) is 23.2 Å². The quantitative estimate of drug-likeness (QED) is 0.817. The summed E-state index contributed by atoms with van der Waals surface area (Å²) in [6, 6.07) is 8.58. The zero-order chi connectivity index (χ0) is 20.1. The molecule has 1 aromatic heterocycles. The Morgan fingerprint density at radius 2 is 1.82 bits per heavy atom. The van der Waals surface area contributed by atoms with Crippen LogP contribution in [0.15, 0.2) is 42.5 Å². The van der Waals surface area contributed by atoms with Crippen LogP contribution in [0.1, 0.15) is 39.4 Å². The molecule has 9 heteroatoms. The second kappa shape index (κ2) is 8.39. The van der Waals surface area contributed by atoms with Gasteiger partial charge in [-0.25, -0.2) is 4.98 Å². The summed E-state index contributed by atoms with van der Waals surface area (Å²) in [5.41, 5.74) is -0.938. The van der Waals surface area contributed by atoms with Crippen molar-refractivity contribution in [2.75, 3.05) is 18.5 Å². The van der Waals surface area contributed by atoms with Gasteiger partial charge < -0.3 is 15.4 Å². The highest BCUT2D eigenvalue weighted by atomic mass is 19.4. The van der Waals surface area contributed by atoms with E-state index in [0.717, 1.165) is 25.0 Å². The van der Waals surface area contributed by atoms with Crippen LogP contribution in [0.5, 0.6) is 0 Å². The molecule has 1 fully saturated rings. The minimum absolute atomic E-state index is 0.0186. The first-order valence-corrected chi connectivity index (χ1v) is 8.68. The first kappa shape index (κ1) is 19.8. The van der Waals surface area contributed by atoms with Gasteiger partial charge in [0.25, 0.3) is 11.8 Å². The molecule has 148 valence electrons. The monoisotopic (exact) mass is 393 g/mol. The molecule has 1 saturated heterocycles. The number of ether oxygens (including phenoxy) is 1. The van der Waals surface area contributed by atoms with Crippen molar-refractivity contribution in [1.82, 2.24) is 10.3 Å². The summed E-state index contributed by atoms with van der Waals surface area (Å²) in [7, 11) is 0. The predicted molar refractivity (Wildman–Crippen MR) is 94.9 cm³/mol. The molecule has 2 N–H and O–H groups in total. The molecule has 2 amide bonds. The standard InChI is InChI=1S/C19H18F3N3O3/c20-19(21,22)12-4-1-5-13(10-12)24-18(27)16-8-2-7-15(25-16)17(26)23-11-14-6-3-9-28-14/h1-2,4-5,7-8,10,14H,3,6,9,11H2,(H,23,26)(H,24,27). The first-order chi connectivity index (χ1) is 13.3. The molecule has 2 heterocycles. The van der Waals surface area contributed by atoms with Gasteiger partial charge in [-0.3, -0.25) is 9.59 Å². The van der Waals surface area contributed by atoms with Crippen molar-refractivity contribution in [3.63, 3.8) is 0 Å². The molecule has 0 aliphatic carbocycles. The fraction of sp³-hybridized carbons (Fsp3) is 0.316. The third-order valence-electron chi connectivity index (χ3n) is 4.18. The molecule has 6 nitrogen and oxygen atoms in total. The van der Waals surface area contributed by atoms with Crippen LogP contribution in [-0.2, 0) is 10.9 Å². The molecule has 0 saturated carbocycles. The van der Waals surface area contributed by atoms with E-state index in [1.807, 2.05) is 0 Å². The summed E-state index contributed by atoms with van der Waals surface area (Å²) in [5, 5.41) is 5.06. The van der Waals surface area contributed by atoms with Gasteiger partial charge in [0.05, 0.1) is 11.7 Å². The number of nitrogens with one attached hydrogen (secondary N) is 2. The largest absolute Gasteiger partial charge is 0.416 e. The van der Waals surface area contributed by atoms with Crippen LogP contribution in [0.4, 0.5) is 18.9 Å². The maximum atomic E-state index is 12.8. The van der Waals surface area contributed by atoms with Crippen LogP contribution >= 0.6 is 0 Å². The van der Waals surface area contributed by atoms with Crippen molar-refractivity contribution in [2.24, 2.45) is 0 Å². The molecular formula is C19H18F3N3O3. The molecule has 3 rings (SSSR count). The van der Waals surface area contributed by atoms with E-state index in [2.05, 4.69) is 15.6 Å². The Labute approximate surface area is 159 Å². The Balaban J connectivity index is 1.66. The van der Waals surface area contributed by atoms with Gasteiger partial charge in [-0.1, -0.05) is 12.1 Å². The topological polar surface area (TPSA) is 80.3 Å². The van der Waals surface area contributed by atoms with Crippen molar-refractivity contribution < 1.29 is 27.5 Å². The van der Waals surface area contributed by atoms with Crippen molar-refractivity contribution >= 4 is 17.5 Å². The average molecular weight is 393 g/mol. The number of carbonyl (C=O) groups excluding carboxylic acids is 2. The summed E-state index contributed by atoms with van der Waals surface area (Å²) in [6.07, 6.45) is -2.73. The first-order valence-electron chi connectivity index (χ1n) is 8.68. The summed E-state index contributed by atoms with van der Waals surface area (Å²) >= 11 is 0. The normalized spacial score (nSPS) is 16.6. The lowest BCUT2D eigenvalue weighted by Gasteiger charge is -2.11. The fourth-order valence-electron chi connectivity index (χ4n) is 2.76. The van der Waals surface area contributed by atoms with Gasteiger partial charge in [-0.05, 0) is 43.2 Å². The van der Waals surface area contributed by atoms with E-state index in [4.69, 9.17) is 4.74 Å². The summed E-state index contributed by atoms with van der Waals surface area (Å²) in [6.45, 7) is 1.02. The molecule has 0 bridgehead atoms. The third-order valence-corrected chi connectivity index (χ3v) is 4.18. The average Bonchev–Trinajstić information content (AvgIpc) is 3.19. The predicted octanol–water partition coefficient (Wildman–Crippen LogP) is 3.26. The number of halogens is 3. The number of carbonyl (C=O) groups is 2. The van der Waals surface area contributed by atoms with Gasteiger partial charge in [-0.15, -0.1) is 0 Å². The lowest BCUT2D eigenvalue weighted by molar-refractivity contribution is -0.137. The van der Waals surface area contributed by atoms with Crippen molar-refractivity contribution in [1.29, 1.82) is 0 Å². The van der Waals surface area contributed by atoms with Crippen molar-refractivity contribution in [3.05, 3.63) is 59.4 Å². The molecule has 0 spiro atoms. The minimum atomic E-state index is -4.51. The molecule has 1 atom stereocenters. The van der Waals surface area contributed by atoms with Crippen molar-refractivity contribution in [3.8, 4) is 0 Å². The van der Waals surface area contributed by atoms with E-state index < -0.39 is 23.6 Å². The maximum Gasteiger partial charge on any atom is 0.416 e. The number of rotatable bonds is 5. The number of benzene rings is 1. The molecule has 1 unspecified atom stereocenters. The number of alkyl halides is 3. The smallest absolute Gasteiger partial charge is 0.376 e. The molecule has 28 heavy (non-hydrogen) atoms.